The summed E-state index contributed by atoms with van der Waals surface area (Å²) in [6.45, 7) is 5.55. The van der Waals surface area contributed by atoms with E-state index in [2.05, 4.69) is 26.0 Å². The van der Waals surface area contributed by atoms with E-state index in [4.69, 9.17) is 18.5 Å². The Kier molecular flexibility index (Phi) is 29.1. The maximum Gasteiger partial charge on any atom is 0.472 e. The van der Waals surface area contributed by atoms with Crippen LogP contribution in [0.1, 0.15) is 149 Å². The predicted molar refractivity (Wildman–Crippen MR) is 183 cm³/mol. The molecule has 0 spiro atoms. The summed E-state index contributed by atoms with van der Waals surface area (Å²) < 4.78 is 34.7. The number of esters is 1. The number of carbonyl (C=O) groups is 1. The van der Waals surface area contributed by atoms with Crippen molar-refractivity contribution in [1.29, 1.82) is 0 Å². The zero-order chi connectivity index (χ0) is 32.8. The molecule has 0 rings (SSSR count). The van der Waals surface area contributed by atoms with Gasteiger partial charge < -0.3 is 18.9 Å². The number of hydrogen-bond donors (Lipinski definition) is 1. The number of quaternary nitrogens is 1. The number of likely N-dealkylation sites (N-methyl/N-ethyl adjacent to an activating group) is 1. The minimum Gasteiger partial charge on any atom is -0.457 e. The van der Waals surface area contributed by atoms with Gasteiger partial charge in [-0.05, 0) is 38.5 Å². The highest BCUT2D eigenvalue weighted by atomic mass is 31.2. The molecular formula is C35H71NO7P+. The van der Waals surface area contributed by atoms with Gasteiger partial charge in [0.05, 0.1) is 34.4 Å². The van der Waals surface area contributed by atoms with Gasteiger partial charge in [0.15, 0.2) is 0 Å². The second-order valence-electron chi connectivity index (χ2n) is 13.3. The summed E-state index contributed by atoms with van der Waals surface area (Å²) in [5.74, 6) is -0.323. The van der Waals surface area contributed by atoms with Gasteiger partial charge in [0.1, 0.15) is 19.3 Å². The van der Waals surface area contributed by atoms with Gasteiger partial charge >= 0.3 is 13.8 Å². The summed E-state index contributed by atoms with van der Waals surface area (Å²) in [6.07, 6.45) is 28.2. The molecular weight excluding hydrogens is 577 g/mol. The second-order valence-corrected chi connectivity index (χ2v) is 14.7. The Balaban J connectivity index is 4.24. The molecule has 262 valence electrons. The van der Waals surface area contributed by atoms with E-state index in [0.717, 1.165) is 32.1 Å². The first-order valence-corrected chi connectivity index (χ1v) is 19.4. The molecule has 0 aromatic rings. The second kappa shape index (κ2) is 29.6. The lowest BCUT2D eigenvalue weighted by molar-refractivity contribution is -0.870. The van der Waals surface area contributed by atoms with E-state index in [-0.39, 0.29) is 25.8 Å². The van der Waals surface area contributed by atoms with Crippen molar-refractivity contribution in [2.75, 3.05) is 54.1 Å². The van der Waals surface area contributed by atoms with Gasteiger partial charge in [-0.1, -0.05) is 116 Å². The van der Waals surface area contributed by atoms with E-state index in [1.54, 1.807) is 0 Å². The molecule has 0 heterocycles. The largest absolute Gasteiger partial charge is 0.472 e. The fourth-order valence-electron chi connectivity index (χ4n) is 4.72. The lowest BCUT2D eigenvalue weighted by atomic mass is 10.1. The van der Waals surface area contributed by atoms with Crippen molar-refractivity contribution in [2.24, 2.45) is 0 Å². The van der Waals surface area contributed by atoms with Crippen molar-refractivity contribution in [3.63, 3.8) is 0 Å². The molecule has 0 aromatic heterocycles. The first-order chi connectivity index (χ1) is 21.1. The molecule has 0 aliphatic heterocycles. The minimum atomic E-state index is -4.25. The summed E-state index contributed by atoms with van der Waals surface area (Å²) >= 11 is 0. The number of allylic oxidation sites excluding steroid dienone is 2. The van der Waals surface area contributed by atoms with E-state index < -0.39 is 13.9 Å². The fourth-order valence-corrected chi connectivity index (χ4v) is 5.46. The summed E-state index contributed by atoms with van der Waals surface area (Å²) in [7, 11) is 1.67. The molecule has 0 fully saturated rings. The Morgan fingerprint density at radius 2 is 1.18 bits per heavy atom. The van der Waals surface area contributed by atoms with Gasteiger partial charge in [0, 0.05) is 13.0 Å². The Labute approximate surface area is 271 Å². The Morgan fingerprint density at radius 3 is 1.73 bits per heavy atom. The molecule has 0 aliphatic rings. The number of ether oxygens (including phenoxy) is 2. The van der Waals surface area contributed by atoms with Gasteiger partial charge in [-0.25, -0.2) is 4.57 Å². The van der Waals surface area contributed by atoms with Crippen LogP contribution in [0.3, 0.4) is 0 Å². The number of unbranched alkanes of at least 4 members (excludes halogenated alkanes) is 17. The van der Waals surface area contributed by atoms with Crippen LogP contribution in [-0.2, 0) is 27.9 Å². The van der Waals surface area contributed by atoms with Crippen LogP contribution in [0.25, 0.3) is 0 Å². The van der Waals surface area contributed by atoms with Gasteiger partial charge in [0.2, 0.25) is 0 Å². The third kappa shape index (κ3) is 32.6. The minimum absolute atomic E-state index is 0.0897. The molecule has 2 unspecified atom stereocenters. The molecule has 0 radical (unpaired) electrons. The van der Waals surface area contributed by atoms with Crippen LogP contribution in [0, 0.1) is 0 Å². The third-order valence-corrected chi connectivity index (χ3v) is 8.56. The standard InChI is InChI=1S/C35H70NO7P/c1-6-8-10-12-14-15-16-17-18-19-20-21-23-25-27-30-40-32-34(33-42-44(38,39)41-31-29-36(3,4)5)43-35(37)28-26-24-22-13-11-9-7-2/h16-17,34H,6-15,18-33H2,1-5H3/p+1/b17-16-. The van der Waals surface area contributed by atoms with Crippen LogP contribution in [0.15, 0.2) is 12.2 Å². The first-order valence-electron chi connectivity index (χ1n) is 17.9. The zero-order valence-corrected chi connectivity index (χ0v) is 30.3. The first kappa shape index (κ1) is 43.2. The molecule has 0 saturated heterocycles. The Hall–Kier alpha value is -0.760. The maximum absolute atomic E-state index is 12.5. The average molecular weight is 649 g/mol. The van der Waals surface area contributed by atoms with Crippen molar-refractivity contribution in [1.82, 2.24) is 0 Å². The number of carbonyl (C=O) groups excluding carboxylic acids is 1. The number of rotatable bonds is 33. The van der Waals surface area contributed by atoms with Crippen LogP contribution in [0.2, 0.25) is 0 Å². The molecule has 0 aliphatic carbocycles. The van der Waals surface area contributed by atoms with Crippen molar-refractivity contribution >= 4 is 13.8 Å². The summed E-state index contributed by atoms with van der Waals surface area (Å²) in [6, 6.07) is 0. The quantitative estimate of drug-likeness (QED) is 0.0249. The normalized spacial score (nSPS) is 14.2. The van der Waals surface area contributed by atoms with Crippen LogP contribution >= 0.6 is 7.82 Å². The zero-order valence-electron chi connectivity index (χ0n) is 29.4. The summed E-state index contributed by atoms with van der Waals surface area (Å²) in [5, 5.41) is 0. The molecule has 8 nitrogen and oxygen atoms in total. The van der Waals surface area contributed by atoms with Crippen molar-refractivity contribution in [3.8, 4) is 0 Å². The third-order valence-electron chi connectivity index (χ3n) is 7.58. The molecule has 2 atom stereocenters. The highest BCUT2D eigenvalue weighted by Gasteiger charge is 2.26. The van der Waals surface area contributed by atoms with E-state index >= 15 is 0 Å². The molecule has 0 saturated carbocycles. The van der Waals surface area contributed by atoms with Gasteiger partial charge in [0.25, 0.3) is 0 Å². The monoisotopic (exact) mass is 648 g/mol. The number of phosphoric ester groups is 1. The lowest BCUT2D eigenvalue weighted by Crippen LogP contribution is -2.37. The SMILES string of the molecule is CCCCCCC/C=C\CCCCCCCCOCC(COP(=O)(O)OCC[N+](C)(C)C)OC(=O)CCCCCCCCC. The van der Waals surface area contributed by atoms with Crippen molar-refractivity contribution in [2.45, 2.75) is 155 Å². The van der Waals surface area contributed by atoms with Crippen LogP contribution in [0.4, 0.5) is 0 Å². The molecule has 0 aromatic carbocycles. The van der Waals surface area contributed by atoms with Crippen LogP contribution < -0.4 is 0 Å². The predicted octanol–water partition coefficient (Wildman–Crippen LogP) is 9.54. The van der Waals surface area contributed by atoms with Crippen LogP contribution in [0.5, 0.6) is 0 Å². The van der Waals surface area contributed by atoms with Crippen molar-refractivity contribution in [3.05, 3.63) is 12.2 Å². The number of nitrogens with zero attached hydrogens (tertiary/aromatic N) is 1. The van der Waals surface area contributed by atoms with E-state index in [9.17, 15) is 14.3 Å². The highest BCUT2D eigenvalue weighted by Crippen LogP contribution is 2.43. The average Bonchev–Trinajstić information content (AvgIpc) is 2.96. The van der Waals surface area contributed by atoms with E-state index in [1.807, 2.05) is 21.1 Å². The lowest BCUT2D eigenvalue weighted by Gasteiger charge is -2.24. The molecule has 0 amide bonds. The maximum atomic E-state index is 12.5. The van der Waals surface area contributed by atoms with Crippen molar-refractivity contribution < 1.29 is 37.3 Å². The number of phosphoric acid groups is 1. The van der Waals surface area contributed by atoms with Gasteiger partial charge in [-0.15, -0.1) is 0 Å². The smallest absolute Gasteiger partial charge is 0.457 e. The molecule has 44 heavy (non-hydrogen) atoms. The Morgan fingerprint density at radius 1 is 0.682 bits per heavy atom. The molecule has 1 N–H and O–H groups in total. The van der Waals surface area contributed by atoms with Gasteiger partial charge in [-0.3, -0.25) is 13.8 Å². The van der Waals surface area contributed by atoms with E-state index in [1.165, 1.54) is 96.3 Å². The number of hydrogen-bond acceptors (Lipinski definition) is 6. The molecule has 0 bridgehead atoms. The summed E-state index contributed by atoms with van der Waals surface area (Å²) in [5.41, 5.74) is 0. The topological polar surface area (TPSA) is 91.3 Å². The van der Waals surface area contributed by atoms with E-state index in [0.29, 0.717) is 24.1 Å². The highest BCUT2D eigenvalue weighted by molar-refractivity contribution is 7.47. The Bertz CT molecular complexity index is 726. The summed E-state index contributed by atoms with van der Waals surface area (Å²) in [4.78, 5) is 22.6. The fraction of sp³-hybridized carbons (Fsp3) is 0.914. The van der Waals surface area contributed by atoms with Gasteiger partial charge in [-0.2, -0.15) is 0 Å². The molecule has 9 heteroatoms. The van der Waals surface area contributed by atoms with Crippen LogP contribution in [-0.4, -0.2) is 75.6 Å².